The molecule has 3 rings (SSSR count). The third kappa shape index (κ3) is 5.12. The number of likely N-dealkylation sites (N-methyl/N-ethyl adjacent to an activating group) is 1. The number of anilines is 1. The Morgan fingerprint density at radius 3 is 2.56 bits per heavy atom. The maximum atomic E-state index is 14.8. The monoisotopic (exact) mass is 516 g/mol. The number of nitrogens with zero attached hydrogens (tertiary/aromatic N) is 1. The molecule has 0 saturated carbocycles. The minimum Gasteiger partial charge on any atom is -0.489 e. The molecule has 196 valence electrons. The highest BCUT2D eigenvalue weighted by Gasteiger charge is 2.65. The maximum absolute atomic E-state index is 14.8. The zero-order valence-electron chi connectivity index (χ0n) is 19.6. The number of benzene rings is 1. The quantitative estimate of drug-likeness (QED) is 0.367. The first-order valence-electron chi connectivity index (χ1n) is 10.9. The normalized spacial score (nSPS) is 23.9. The predicted octanol–water partition coefficient (Wildman–Crippen LogP) is 3.14. The van der Waals surface area contributed by atoms with Crippen molar-refractivity contribution >= 4 is 17.5 Å². The molecule has 0 radical (unpaired) electrons. The van der Waals surface area contributed by atoms with E-state index in [-0.39, 0.29) is 30.1 Å². The van der Waals surface area contributed by atoms with Gasteiger partial charge in [0.25, 0.3) is 11.8 Å². The molecule has 2 heterocycles. The van der Waals surface area contributed by atoms with E-state index in [0.29, 0.717) is 0 Å². The van der Waals surface area contributed by atoms with Crippen molar-refractivity contribution < 1.29 is 41.0 Å². The number of carbonyl (C=O) groups excluding carboxylic acids is 2. The molecule has 1 aliphatic heterocycles. The highest BCUT2D eigenvalue weighted by Crippen LogP contribution is 2.55. The van der Waals surface area contributed by atoms with Crippen LogP contribution in [0.3, 0.4) is 0 Å². The third-order valence-corrected chi connectivity index (χ3v) is 6.24. The number of nitrogens with two attached hydrogens (primary N) is 1. The minimum absolute atomic E-state index is 0.0233. The van der Waals surface area contributed by atoms with Gasteiger partial charge in [-0.05, 0) is 32.2 Å². The number of pyridine rings is 1. The lowest BCUT2D eigenvalue weighted by molar-refractivity contribution is -0.272. The minimum atomic E-state index is -4.90. The van der Waals surface area contributed by atoms with Crippen LogP contribution in [-0.4, -0.2) is 54.9 Å². The fourth-order valence-corrected chi connectivity index (χ4v) is 4.09. The van der Waals surface area contributed by atoms with Crippen LogP contribution in [0.25, 0.3) is 0 Å². The van der Waals surface area contributed by atoms with E-state index >= 15 is 0 Å². The molecule has 1 aromatic carbocycles. The summed E-state index contributed by atoms with van der Waals surface area (Å²) in [6, 6.07) is 4.27. The number of ether oxygens (including phenoxy) is 2. The van der Waals surface area contributed by atoms with E-state index in [0.717, 1.165) is 25.1 Å². The van der Waals surface area contributed by atoms with Gasteiger partial charge in [0.2, 0.25) is 5.82 Å². The first kappa shape index (κ1) is 27.3. The molecule has 13 heteroatoms. The van der Waals surface area contributed by atoms with Gasteiger partial charge in [-0.2, -0.15) is 17.6 Å². The first-order valence-corrected chi connectivity index (χ1v) is 10.9. The number of aromatic nitrogens is 1. The lowest BCUT2D eigenvalue weighted by Gasteiger charge is -2.32. The van der Waals surface area contributed by atoms with Crippen molar-refractivity contribution in [2.45, 2.75) is 37.6 Å². The zero-order valence-corrected chi connectivity index (χ0v) is 19.6. The third-order valence-electron chi connectivity index (χ3n) is 6.24. The lowest BCUT2D eigenvalue weighted by Crippen LogP contribution is -2.47. The van der Waals surface area contributed by atoms with Crippen molar-refractivity contribution in [1.29, 1.82) is 0 Å². The molecule has 2 amide bonds. The van der Waals surface area contributed by atoms with Crippen LogP contribution in [-0.2, 0) is 9.53 Å². The van der Waals surface area contributed by atoms with Gasteiger partial charge >= 0.3 is 6.18 Å². The van der Waals surface area contributed by atoms with Gasteiger partial charge in [-0.3, -0.25) is 14.6 Å². The summed E-state index contributed by atoms with van der Waals surface area (Å²) in [5, 5.41) is 5.14. The Hall–Kier alpha value is -3.32. The molecule has 0 aliphatic carbocycles. The summed E-state index contributed by atoms with van der Waals surface area (Å²) in [5.41, 5.74) is 2.06. The molecule has 0 spiro atoms. The van der Waals surface area contributed by atoms with Crippen molar-refractivity contribution in [3.8, 4) is 5.75 Å². The molecule has 4 atom stereocenters. The summed E-state index contributed by atoms with van der Waals surface area (Å²) >= 11 is 0. The Kier molecular flexibility index (Phi) is 7.84. The van der Waals surface area contributed by atoms with Crippen molar-refractivity contribution in [3.05, 3.63) is 53.4 Å². The van der Waals surface area contributed by atoms with E-state index in [1.165, 1.54) is 19.2 Å². The second-order valence-corrected chi connectivity index (χ2v) is 8.47. The Morgan fingerprint density at radius 2 is 1.94 bits per heavy atom. The molecule has 36 heavy (non-hydrogen) atoms. The molecule has 1 aliphatic rings. The van der Waals surface area contributed by atoms with E-state index in [1.807, 2.05) is 0 Å². The van der Waals surface area contributed by atoms with Gasteiger partial charge in [-0.1, -0.05) is 13.0 Å². The first-order chi connectivity index (χ1) is 16.8. The standard InChI is InChI=1S/C23H25F5N4O4/c1-11-16(13-4-5-14(24)17(25)18(13)35-9-8-30-3)19(36-22(11,2)23(26,27)28)21(34)32-12-6-7-31-15(10-12)20(29)33/h4-7,10-11,16,19,30H,8-9H2,1-3H3,(H2,29,33)(H,31,32,34)/t11-,16-,19+,22+/m0/s1. The number of carbonyl (C=O) groups is 2. The molecule has 4 N–H and O–H groups in total. The average molecular weight is 516 g/mol. The number of rotatable bonds is 8. The molecule has 1 fully saturated rings. The largest absolute Gasteiger partial charge is 0.489 e. The lowest BCUT2D eigenvalue weighted by atomic mass is 9.77. The zero-order chi connectivity index (χ0) is 26.8. The SMILES string of the molecule is CNCCOc1c([C@H]2[C@H](C(=O)Nc3ccnc(C(N)=O)c3)O[C@@](C)(C(F)(F)F)[C@H]2C)ccc(F)c1F. The second kappa shape index (κ2) is 10.3. The fourth-order valence-electron chi connectivity index (χ4n) is 4.09. The number of halogens is 5. The van der Waals surface area contributed by atoms with Crippen molar-refractivity contribution in [2.75, 3.05) is 25.5 Å². The fraction of sp³-hybridized carbons (Fsp3) is 0.435. The molecule has 0 bridgehead atoms. The molecule has 2 aromatic rings. The van der Waals surface area contributed by atoms with Crippen molar-refractivity contribution in [1.82, 2.24) is 10.3 Å². The van der Waals surface area contributed by atoms with Crippen LogP contribution >= 0.6 is 0 Å². The van der Waals surface area contributed by atoms with Gasteiger partial charge in [0.05, 0.1) is 0 Å². The van der Waals surface area contributed by atoms with Crippen LogP contribution in [0.1, 0.15) is 35.8 Å². The van der Waals surface area contributed by atoms with E-state index < -0.39 is 58.9 Å². The van der Waals surface area contributed by atoms with E-state index in [9.17, 15) is 31.5 Å². The van der Waals surface area contributed by atoms with Gasteiger partial charge in [0.15, 0.2) is 17.2 Å². The highest BCUT2D eigenvalue weighted by atomic mass is 19.4. The van der Waals surface area contributed by atoms with Crippen LogP contribution in [0.2, 0.25) is 0 Å². The Bertz CT molecular complexity index is 1150. The molecular weight excluding hydrogens is 491 g/mol. The Labute approximate surface area is 203 Å². The Morgan fingerprint density at radius 1 is 1.25 bits per heavy atom. The molecule has 1 aromatic heterocycles. The number of primary amides is 1. The van der Waals surface area contributed by atoms with Crippen molar-refractivity contribution in [3.63, 3.8) is 0 Å². The summed E-state index contributed by atoms with van der Waals surface area (Å²) in [5.74, 6) is -7.94. The topological polar surface area (TPSA) is 116 Å². The van der Waals surface area contributed by atoms with Crippen LogP contribution in [0.5, 0.6) is 5.75 Å². The van der Waals surface area contributed by atoms with Crippen molar-refractivity contribution in [2.24, 2.45) is 11.7 Å². The summed E-state index contributed by atoms with van der Waals surface area (Å²) in [6.07, 6.45) is -5.51. The van der Waals surface area contributed by atoms with Gasteiger partial charge in [-0.15, -0.1) is 0 Å². The van der Waals surface area contributed by atoms with Gasteiger partial charge in [0.1, 0.15) is 18.4 Å². The highest BCUT2D eigenvalue weighted by molar-refractivity contribution is 5.97. The number of alkyl halides is 3. The number of nitrogens with one attached hydrogen (secondary N) is 2. The number of amides is 2. The average Bonchev–Trinajstić information content (AvgIpc) is 3.09. The maximum Gasteiger partial charge on any atom is 0.417 e. The van der Waals surface area contributed by atoms with E-state index in [4.69, 9.17) is 15.2 Å². The van der Waals surface area contributed by atoms with Crippen LogP contribution in [0.4, 0.5) is 27.6 Å². The summed E-state index contributed by atoms with van der Waals surface area (Å²) < 4.78 is 81.8. The molecule has 1 saturated heterocycles. The summed E-state index contributed by atoms with van der Waals surface area (Å²) in [6.45, 7) is 2.12. The Balaban J connectivity index is 2.07. The van der Waals surface area contributed by atoms with Gasteiger partial charge in [-0.25, -0.2) is 4.39 Å². The van der Waals surface area contributed by atoms with Crippen LogP contribution in [0, 0.1) is 17.6 Å². The molecular formula is C23H25F5N4O4. The van der Waals surface area contributed by atoms with E-state index in [2.05, 4.69) is 15.6 Å². The van der Waals surface area contributed by atoms with E-state index in [1.54, 1.807) is 7.05 Å². The molecule has 0 unspecified atom stereocenters. The smallest absolute Gasteiger partial charge is 0.417 e. The predicted molar refractivity (Wildman–Crippen MR) is 118 cm³/mol. The van der Waals surface area contributed by atoms with Gasteiger partial charge in [0, 0.05) is 35.8 Å². The molecule has 8 nitrogen and oxygen atoms in total. The number of hydrogen-bond acceptors (Lipinski definition) is 6. The summed E-state index contributed by atoms with van der Waals surface area (Å²) in [7, 11) is 1.59. The number of hydrogen-bond donors (Lipinski definition) is 3. The summed E-state index contributed by atoms with van der Waals surface area (Å²) in [4.78, 5) is 28.3. The second-order valence-electron chi connectivity index (χ2n) is 8.47. The van der Waals surface area contributed by atoms with Gasteiger partial charge < -0.3 is 25.8 Å². The van der Waals surface area contributed by atoms with Crippen LogP contribution in [0.15, 0.2) is 30.5 Å². The van der Waals surface area contributed by atoms with Crippen LogP contribution < -0.4 is 21.1 Å².